The highest BCUT2D eigenvalue weighted by Crippen LogP contribution is 2.43. The number of hydrogen-bond donors (Lipinski definition) is 1. The molecule has 3 atom stereocenters. The molecule has 0 radical (unpaired) electrons. The monoisotopic (exact) mass is 250 g/mol. The van der Waals surface area contributed by atoms with Crippen molar-refractivity contribution in [3.8, 4) is 0 Å². The molecule has 3 rings (SSSR count). The Morgan fingerprint density at radius 3 is 2.50 bits per heavy atom. The van der Waals surface area contributed by atoms with E-state index in [2.05, 4.69) is 31.0 Å². The second-order valence-corrected chi connectivity index (χ2v) is 7.05. The van der Waals surface area contributed by atoms with Crippen molar-refractivity contribution in [2.45, 2.75) is 64.6 Å². The smallest absolute Gasteiger partial charge is 0.244 e. The van der Waals surface area contributed by atoms with Crippen LogP contribution in [0.1, 0.15) is 52.9 Å². The Morgan fingerprint density at radius 1 is 1.39 bits per heavy atom. The normalized spacial score (nSPS) is 38.1. The van der Waals surface area contributed by atoms with Crippen molar-refractivity contribution in [3.63, 3.8) is 0 Å². The van der Waals surface area contributed by atoms with E-state index in [1.807, 2.05) is 0 Å². The summed E-state index contributed by atoms with van der Waals surface area (Å²) in [4.78, 5) is 14.9. The van der Waals surface area contributed by atoms with Crippen LogP contribution in [0.25, 0.3) is 0 Å². The predicted molar refractivity (Wildman–Crippen MR) is 71.9 cm³/mol. The van der Waals surface area contributed by atoms with Crippen LogP contribution in [0.2, 0.25) is 0 Å². The lowest BCUT2D eigenvalue weighted by atomic mass is 9.98. The van der Waals surface area contributed by atoms with Gasteiger partial charge in [-0.15, -0.1) is 0 Å². The standard InChI is InChI=1S/C15H26N2O/c1-10(2)13-16-15(6-4-5-7-15)14(18)17(13)9-12-8-11(12)3/h10-13,16H,4-9H2,1-3H3. The van der Waals surface area contributed by atoms with Crippen molar-refractivity contribution >= 4 is 5.91 Å². The maximum absolute atomic E-state index is 12.8. The summed E-state index contributed by atoms with van der Waals surface area (Å²) in [6, 6.07) is 0. The van der Waals surface area contributed by atoms with E-state index >= 15 is 0 Å². The van der Waals surface area contributed by atoms with Crippen LogP contribution in [0.4, 0.5) is 0 Å². The molecule has 2 saturated carbocycles. The van der Waals surface area contributed by atoms with Gasteiger partial charge in [-0.1, -0.05) is 33.6 Å². The Morgan fingerprint density at radius 2 is 2.00 bits per heavy atom. The molecule has 18 heavy (non-hydrogen) atoms. The van der Waals surface area contributed by atoms with Crippen LogP contribution in [0.5, 0.6) is 0 Å². The summed E-state index contributed by atoms with van der Waals surface area (Å²) in [5.74, 6) is 2.49. The minimum absolute atomic E-state index is 0.187. The van der Waals surface area contributed by atoms with Crippen molar-refractivity contribution in [1.29, 1.82) is 0 Å². The van der Waals surface area contributed by atoms with Crippen molar-refractivity contribution in [1.82, 2.24) is 10.2 Å². The van der Waals surface area contributed by atoms with Gasteiger partial charge in [0.2, 0.25) is 5.91 Å². The summed E-state index contributed by atoms with van der Waals surface area (Å²) in [5, 5.41) is 3.69. The lowest BCUT2D eigenvalue weighted by molar-refractivity contribution is -0.133. The zero-order valence-electron chi connectivity index (χ0n) is 11.9. The van der Waals surface area contributed by atoms with E-state index in [1.165, 1.54) is 19.3 Å². The van der Waals surface area contributed by atoms with E-state index < -0.39 is 0 Å². The fraction of sp³-hybridized carbons (Fsp3) is 0.933. The average Bonchev–Trinajstić information content (AvgIpc) is 2.77. The molecule has 1 spiro atoms. The van der Waals surface area contributed by atoms with Gasteiger partial charge in [-0.2, -0.15) is 0 Å². The number of carbonyl (C=O) groups excluding carboxylic acids is 1. The lowest BCUT2D eigenvalue weighted by Crippen LogP contribution is -2.45. The molecule has 2 aliphatic carbocycles. The van der Waals surface area contributed by atoms with Crippen molar-refractivity contribution < 1.29 is 4.79 Å². The van der Waals surface area contributed by atoms with Gasteiger partial charge < -0.3 is 4.90 Å². The molecule has 1 N–H and O–H groups in total. The van der Waals surface area contributed by atoms with Gasteiger partial charge in [-0.05, 0) is 37.0 Å². The fourth-order valence-electron chi connectivity index (χ4n) is 3.79. The molecule has 3 nitrogen and oxygen atoms in total. The number of carbonyl (C=O) groups is 1. The Labute approximate surface area is 110 Å². The molecule has 1 amide bonds. The molecule has 0 aromatic rings. The molecular weight excluding hydrogens is 224 g/mol. The first kappa shape index (κ1) is 12.5. The maximum Gasteiger partial charge on any atom is 0.244 e. The summed E-state index contributed by atoms with van der Waals surface area (Å²) in [6.45, 7) is 7.73. The van der Waals surface area contributed by atoms with Crippen LogP contribution in [0, 0.1) is 17.8 Å². The number of rotatable bonds is 3. The molecular formula is C15H26N2O. The summed E-state index contributed by atoms with van der Waals surface area (Å²) in [6.07, 6.45) is 6.08. The number of hydrogen-bond acceptors (Lipinski definition) is 2. The highest BCUT2D eigenvalue weighted by atomic mass is 16.2. The van der Waals surface area contributed by atoms with Crippen LogP contribution in [0.15, 0.2) is 0 Å². The van der Waals surface area contributed by atoms with Crippen molar-refractivity contribution in [2.75, 3.05) is 6.54 Å². The number of amides is 1. The van der Waals surface area contributed by atoms with Gasteiger partial charge in [-0.25, -0.2) is 0 Å². The molecule has 102 valence electrons. The van der Waals surface area contributed by atoms with E-state index in [4.69, 9.17) is 0 Å². The van der Waals surface area contributed by atoms with Crippen molar-refractivity contribution in [2.24, 2.45) is 17.8 Å². The van der Waals surface area contributed by atoms with Gasteiger partial charge in [-0.3, -0.25) is 10.1 Å². The number of nitrogens with one attached hydrogen (secondary N) is 1. The summed E-state index contributed by atoms with van der Waals surface area (Å²) >= 11 is 0. The van der Waals surface area contributed by atoms with Crippen LogP contribution in [0.3, 0.4) is 0 Å². The Kier molecular flexibility index (Phi) is 2.92. The molecule has 0 aromatic heterocycles. The summed E-state index contributed by atoms with van der Waals surface area (Å²) < 4.78 is 0. The van der Waals surface area contributed by atoms with E-state index in [0.717, 1.165) is 31.2 Å². The SMILES string of the molecule is CC(C)C1NC2(CCCC2)C(=O)N1CC1CC1C. The van der Waals surface area contributed by atoms with Crippen LogP contribution in [-0.2, 0) is 4.79 Å². The molecule has 3 fully saturated rings. The fourth-order valence-corrected chi connectivity index (χ4v) is 3.79. The van der Waals surface area contributed by atoms with Crippen molar-refractivity contribution in [3.05, 3.63) is 0 Å². The third-order valence-electron chi connectivity index (χ3n) is 5.23. The Hall–Kier alpha value is -0.570. The van der Waals surface area contributed by atoms with E-state index in [9.17, 15) is 4.79 Å². The largest absolute Gasteiger partial charge is 0.325 e. The third kappa shape index (κ3) is 1.87. The van der Waals surface area contributed by atoms with Gasteiger partial charge in [0, 0.05) is 6.54 Å². The minimum atomic E-state index is -0.187. The molecule has 0 aromatic carbocycles. The zero-order valence-corrected chi connectivity index (χ0v) is 11.9. The summed E-state index contributed by atoms with van der Waals surface area (Å²) in [7, 11) is 0. The second kappa shape index (κ2) is 4.22. The van der Waals surface area contributed by atoms with Gasteiger partial charge >= 0.3 is 0 Å². The van der Waals surface area contributed by atoms with Crippen LogP contribution >= 0.6 is 0 Å². The van der Waals surface area contributed by atoms with Crippen LogP contribution in [-0.4, -0.2) is 29.1 Å². The molecule has 3 aliphatic rings. The predicted octanol–water partition coefficient (Wildman–Crippen LogP) is 2.37. The Bertz CT molecular complexity index is 346. The topological polar surface area (TPSA) is 32.3 Å². The van der Waals surface area contributed by atoms with E-state index in [-0.39, 0.29) is 11.7 Å². The molecule has 1 heterocycles. The quantitative estimate of drug-likeness (QED) is 0.834. The maximum atomic E-state index is 12.8. The van der Waals surface area contributed by atoms with Crippen LogP contribution < -0.4 is 5.32 Å². The van der Waals surface area contributed by atoms with Gasteiger partial charge in [0.25, 0.3) is 0 Å². The van der Waals surface area contributed by atoms with Gasteiger partial charge in [0.05, 0.1) is 11.7 Å². The minimum Gasteiger partial charge on any atom is -0.325 e. The zero-order chi connectivity index (χ0) is 12.9. The Balaban J connectivity index is 1.78. The molecule has 3 heteroatoms. The molecule has 0 bridgehead atoms. The first-order valence-electron chi connectivity index (χ1n) is 7.62. The third-order valence-corrected chi connectivity index (χ3v) is 5.23. The van der Waals surface area contributed by atoms with Gasteiger partial charge in [0.1, 0.15) is 0 Å². The second-order valence-electron chi connectivity index (χ2n) is 7.05. The highest BCUT2D eigenvalue weighted by molar-refractivity contribution is 5.89. The summed E-state index contributed by atoms with van der Waals surface area (Å²) in [5.41, 5.74) is -0.187. The number of nitrogens with zero attached hydrogens (tertiary/aromatic N) is 1. The first-order chi connectivity index (χ1) is 8.53. The molecule has 1 aliphatic heterocycles. The van der Waals surface area contributed by atoms with E-state index in [0.29, 0.717) is 11.8 Å². The van der Waals surface area contributed by atoms with Gasteiger partial charge in [0.15, 0.2) is 0 Å². The van der Waals surface area contributed by atoms with E-state index in [1.54, 1.807) is 0 Å². The molecule has 1 saturated heterocycles. The average molecular weight is 250 g/mol. The lowest BCUT2D eigenvalue weighted by Gasteiger charge is -2.27. The first-order valence-corrected chi connectivity index (χ1v) is 7.62. The highest BCUT2D eigenvalue weighted by Gasteiger charge is 2.54. The molecule has 3 unspecified atom stereocenters.